The summed E-state index contributed by atoms with van der Waals surface area (Å²) in [5.74, 6) is 0. The predicted molar refractivity (Wildman–Crippen MR) is 62.8 cm³/mol. The Hall–Kier alpha value is -1.46. The van der Waals surface area contributed by atoms with Crippen LogP contribution in [0.1, 0.15) is 11.1 Å². The Morgan fingerprint density at radius 2 is 2.18 bits per heavy atom. The largest absolute Gasteiger partial charge is 0.379 e. The first kappa shape index (κ1) is 12.0. The van der Waals surface area contributed by atoms with Crippen LogP contribution in [0.25, 0.3) is 0 Å². The van der Waals surface area contributed by atoms with E-state index in [0.29, 0.717) is 6.54 Å². The van der Waals surface area contributed by atoms with Crippen molar-refractivity contribution < 1.29 is 9.66 Å². The van der Waals surface area contributed by atoms with E-state index < -0.39 is 4.92 Å². The molecule has 0 spiro atoms. The topological polar surface area (TPSA) is 55.6 Å². The summed E-state index contributed by atoms with van der Waals surface area (Å²) in [6, 6.07) is 6.16. The lowest BCUT2D eigenvalue weighted by molar-refractivity contribution is -0.385. The van der Waals surface area contributed by atoms with E-state index in [2.05, 4.69) is 11.0 Å². The van der Waals surface area contributed by atoms with Crippen LogP contribution in [0, 0.1) is 23.1 Å². The van der Waals surface area contributed by atoms with Gasteiger partial charge in [-0.25, -0.2) is 0 Å². The van der Waals surface area contributed by atoms with Crippen LogP contribution in [0.4, 0.5) is 5.69 Å². The van der Waals surface area contributed by atoms with Gasteiger partial charge in [0.2, 0.25) is 0 Å². The maximum absolute atomic E-state index is 10.7. The van der Waals surface area contributed by atoms with Gasteiger partial charge in [-0.05, 0) is 18.1 Å². The van der Waals surface area contributed by atoms with Gasteiger partial charge < -0.3 is 4.74 Å². The van der Waals surface area contributed by atoms with Gasteiger partial charge >= 0.3 is 0 Å². The molecule has 1 saturated heterocycles. The number of hydrogen-bond donors (Lipinski definition) is 0. The molecule has 0 amide bonds. The molecular weight excluding hydrogens is 220 g/mol. The summed E-state index contributed by atoms with van der Waals surface area (Å²) in [7, 11) is 0. The average Bonchev–Trinajstić information content (AvgIpc) is 2.33. The van der Waals surface area contributed by atoms with Crippen molar-refractivity contribution in [1.82, 2.24) is 4.90 Å². The monoisotopic (exact) mass is 235 g/mol. The van der Waals surface area contributed by atoms with Crippen molar-refractivity contribution in [3.63, 3.8) is 0 Å². The van der Waals surface area contributed by atoms with Crippen LogP contribution in [-0.4, -0.2) is 36.1 Å². The van der Waals surface area contributed by atoms with Crippen LogP contribution in [0.2, 0.25) is 0 Å². The fourth-order valence-electron chi connectivity index (χ4n) is 1.85. The summed E-state index contributed by atoms with van der Waals surface area (Å²) in [6.07, 6.45) is 0. The van der Waals surface area contributed by atoms with Gasteiger partial charge in [-0.15, -0.1) is 0 Å². The summed E-state index contributed by atoms with van der Waals surface area (Å²) in [5.41, 5.74) is 1.99. The van der Waals surface area contributed by atoms with Gasteiger partial charge in [0.05, 0.1) is 24.2 Å². The molecule has 1 heterocycles. The number of aryl methyl sites for hydroxylation is 1. The Balaban J connectivity index is 2.13. The lowest BCUT2D eigenvalue weighted by Crippen LogP contribution is -2.35. The third-order valence-corrected chi connectivity index (χ3v) is 2.93. The average molecular weight is 235 g/mol. The molecule has 1 aromatic carbocycles. The molecule has 0 atom stereocenters. The second kappa shape index (κ2) is 5.25. The van der Waals surface area contributed by atoms with E-state index >= 15 is 0 Å². The Morgan fingerprint density at radius 1 is 1.47 bits per heavy atom. The van der Waals surface area contributed by atoms with Gasteiger partial charge in [-0.3, -0.25) is 15.0 Å². The number of morpholine rings is 1. The van der Waals surface area contributed by atoms with E-state index in [9.17, 15) is 10.1 Å². The Morgan fingerprint density at radius 3 is 2.82 bits per heavy atom. The minimum Gasteiger partial charge on any atom is -0.379 e. The van der Waals surface area contributed by atoms with Crippen molar-refractivity contribution in [2.75, 3.05) is 26.3 Å². The third-order valence-electron chi connectivity index (χ3n) is 2.93. The lowest BCUT2D eigenvalue weighted by Gasteiger charge is -2.26. The highest BCUT2D eigenvalue weighted by Gasteiger charge is 2.14. The molecule has 1 aliphatic heterocycles. The summed E-state index contributed by atoms with van der Waals surface area (Å²) in [6.45, 7) is 5.86. The second-order valence-corrected chi connectivity index (χ2v) is 4.15. The first-order chi connectivity index (χ1) is 8.16. The first-order valence-corrected chi connectivity index (χ1v) is 5.63. The fraction of sp³-hybridized carbons (Fsp3) is 0.500. The molecule has 1 aliphatic rings. The van der Waals surface area contributed by atoms with Crippen molar-refractivity contribution in [3.05, 3.63) is 39.4 Å². The summed E-state index contributed by atoms with van der Waals surface area (Å²) in [4.78, 5) is 12.5. The van der Waals surface area contributed by atoms with Crippen LogP contribution in [0.15, 0.2) is 12.1 Å². The van der Waals surface area contributed by atoms with Gasteiger partial charge in [0, 0.05) is 25.7 Å². The number of hydrogen-bond acceptors (Lipinski definition) is 4. The van der Waals surface area contributed by atoms with Gasteiger partial charge in [0.15, 0.2) is 0 Å². The highest BCUT2D eigenvalue weighted by atomic mass is 16.6. The zero-order chi connectivity index (χ0) is 12.3. The molecular formula is C12H15N2O3. The molecule has 5 heteroatoms. The summed E-state index contributed by atoms with van der Waals surface area (Å²) < 4.78 is 5.27. The van der Waals surface area contributed by atoms with Gasteiger partial charge in [0.25, 0.3) is 5.69 Å². The highest BCUT2D eigenvalue weighted by Crippen LogP contribution is 2.18. The van der Waals surface area contributed by atoms with Crippen LogP contribution < -0.4 is 0 Å². The Kier molecular flexibility index (Phi) is 3.71. The number of benzene rings is 1. The molecule has 0 unspecified atom stereocenters. The standard InChI is InChI=1S/C12H15N2O3/c1-10-2-3-12(14(15)16)8-11(10)9-13-4-6-17-7-5-13/h2-3H,4-7,9H2,1H3. The van der Waals surface area contributed by atoms with Gasteiger partial charge in [0.1, 0.15) is 0 Å². The zero-order valence-electron chi connectivity index (χ0n) is 9.81. The molecule has 0 aliphatic carbocycles. The molecule has 91 valence electrons. The molecule has 17 heavy (non-hydrogen) atoms. The molecule has 2 rings (SSSR count). The first-order valence-electron chi connectivity index (χ1n) is 5.63. The van der Waals surface area contributed by atoms with Crippen molar-refractivity contribution in [2.45, 2.75) is 13.5 Å². The van der Waals surface area contributed by atoms with E-state index in [-0.39, 0.29) is 5.69 Å². The van der Waals surface area contributed by atoms with E-state index in [0.717, 1.165) is 37.4 Å². The quantitative estimate of drug-likeness (QED) is 0.589. The maximum atomic E-state index is 10.7. The molecule has 0 bridgehead atoms. The molecule has 1 fully saturated rings. The number of ether oxygens (including phenoxy) is 1. The van der Waals surface area contributed by atoms with Crippen molar-refractivity contribution in [2.24, 2.45) is 0 Å². The maximum Gasteiger partial charge on any atom is 0.277 e. The van der Waals surface area contributed by atoms with E-state index in [1.165, 1.54) is 6.07 Å². The minimum absolute atomic E-state index is 0.0406. The van der Waals surface area contributed by atoms with Crippen LogP contribution in [0.5, 0.6) is 0 Å². The molecule has 1 aromatic rings. The zero-order valence-corrected chi connectivity index (χ0v) is 9.81. The lowest BCUT2D eigenvalue weighted by atomic mass is 10.1. The van der Waals surface area contributed by atoms with Crippen molar-refractivity contribution in [1.29, 1.82) is 0 Å². The van der Waals surface area contributed by atoms with E-state index in [4.69, 9.17) is 4.74 Å². The number of nitro groups is 1. The minimum atomic E-state index is -0.401. The van der Waals surface area contributed by atoms with Gasteiger partial charge in [-0.1, -0.05) is 6.07 Å². The normalized spacial score (nSPS) is 17.0. The SMILES string of the molecule is Cc1ccc([N+](=O)[O-])[c]c1CN1CCOCC1. The van der Waals surface area contributed by atoms with Gasteiger partial charge in [-0.2, -0.15) is 0 Å². The number of nitro benzene ring substituents is 1. The van der Waals surface area contributed by atoms with E-state index in [1.807, 2.05) is 6.92 Å². The molecule has 5 nitrogen and oxygen atoms in total. The Labute approximate surface area is 100 Å². The second-order valence-electron chi connectivity index (χ2n) is 4.15. The van der Waals surface area contributed by atoms with Crippen molar-refractivity contribution in [3.8, 4) is 0 Å². The summed E-state index contributed by atoms with van der Waals surface area (Å²) in [5, 5.41) is 10.7. The predicted octanol–water partition coefficient (Wildman–Crippen LogP) is 1.54. The fourth-order valence-corrected chi connectivity index (χ4v) is 1.85. The van der Waals surface area contributed by atoms with Crippen molar-refractivity contribution >= 4 is 5.69 Å². The van der Waals surface area contributed by atoms with Crippen LogP contribution in [-0.2, 0) is 11.3 Å². The van der Waals surface area contributed by atoms with Crippen LogP contribution >= 0.6 is 0 Å². The molecule has 1 radical (unpaired) electrons. The molecule has 0 aromatic heterocycles. The number of nitrogens with zero attached hydrogens (tertiary/aromatic N) is 2. The van der Waals surface area contributed by atoms with E-state index in [1.54, 1.807) is 6.07 Å². The smallest absolute Gasteiger partial charge is 0.277 e. The number of non-ortho nitro benzene ring substituents is 1. The number of rotatable bonds is 3. The molecule has 0 N–H and O–H groups in total. The Bertz CT molecular complexity index is 414. The highest BCUT2D eigenvalue weighted by molar-refractivity contribution is 5.37. The van der Waals surface area contributed by atoms with Crippen LogP contribution in [0.3, 0.4) is 0 Å². The third kappa shape index (κ3) is 3.01. The molecule has 0 saturated carbocycles. The summed E-state index contributed by atoms with van der Waals surface area (Å²) >= 11 is 0.